The van der Waals surface area contributed by atoms with Gasteiger partial charge in [0.1, 0.15) is 0 Å². The average molecular weight is 455 g/mol. The topological polar surface area (TPSA) is 51.4 Å². The summed E-state index contributed by atoms with van der Waals surface area (Å²) < 4.78 is 0. The van der Waals surface area contributed by atoms with Crippen molar-refractivity contribution in [3.05, 3.63) is 70.4 Å². The predicted molar refractivity (Wildman–Crippen MR) is 138 cm³/mol. The molecule has 2 N–H and O–H groups in total. The first kappa shape index (κ1) is 22.6. The van der Waals surface area contributed by atoms with E-state index < -0.39 is 0 Å². The molecule has 3 atom stereocenters. The average Bonchev–Trinajstić information content (AvgIpc) is 3.19. The molecule has 1 saturated heterocycles. The van der Waals surface area contributed by atoms with E-state index >= 15 is 0 Å². The summed E-state index contributed by atoms with van der Waals surface area (Å²) in [4.78, 5) is 20.6. The van der Waals surface area contributed by atoms with Crippen molar-refractivity contribution < 1.29 is 4.79 Å². The molecule has 1 aliphatic heterocycles. The normalized spacial score (nSPS) is 21.5. The Morgan fingerprint density at radius 1 is 1.15 bits per heavy atom. The summed E-state index contributed by atoms with van der Waals surface area (Å²) in [6, 6.07) is 15.5. The number of aromatic amines is 1. The van der Waals surface area contributed by atoms with Crippen molar-refractivity contribution in [3.63, 3.8) is 0 Å². The van der Waals surface area contributed by atoms with Crippen molar-refractivity contribution in [2.75, 3.05) is 26.7 Å². The van der Waals surface area contributed by atoms with Gasteiger partial charge in [0, 0.05) is 54.1 Å². The molecule has 2 heterocycles. The Morgan fingerprint density at radius 2 is 1.94 bits per heavy atom. The molecule has 1 aliphatic carbocycles. The van der Waals surface area contributed by atoms with Crippen LogP contribution in [0.2, 0.25) is 0 Å². The standard InChI is InChI=1S/C29H34N4O/c1-5-33(6-2)29(34)30-21-16-23-22-12-9-13-26-28(22)24(17-27(23)32(4)18-21)25(31-26)15-14-20-11-8-7-10-19(20)3/h7-13,21,23,27,31H,5-6,16-18H2,1-4H3,(H,30,34)/t21-,23?,27+/m0/s1. The number of piperidine rings is 1. The van der Waals surface area contributed by atoms with Gasteiger partial charge < -0.3 is 20.1 Å². The lowest BCUT2D eigenvalue weighted by molar-refractivity contribution is 0.124. The van der Waals surface area contributed by atoms with Crippen LogP contribution < -0.4 is 5.32 Å². The highest BCUT2D eigenvalue weighted by atomic mass is 16.2. The lowest BCUT2D eigenvalue weighted by Gasteiger charge is -2.46. The zero-order valence-corrected chi connectivity index (χ0v) is 20.6. The Labute approximate surface area is 202 Å². The van der Waals surface area contributed by atoms with Crippen LogP contribution in [-0.4, -0.2) is 59.6 Å². The zero-order valence-electron chi connectivity index (χ0n) is 20.6. The molecule has 2 aromatic carbocycles. The van der Waals surface area contributed by atoms with E-state index in [1.807, 2.05) is 24.8 Å². The van der Waals surface area contributed by atoms with Crippen LogP contribution in [0.5, 0.6) is 0 Å². The summed E-state index contributed by atoms with van der Waals surface area (Å²) >= 11 is 0. The number of hydrogen-bond donors (Lipinski definition) is 2. The Hall–Kier alpha value is -3.23. The number of aromatic nitrogens is 1. The summed E-state index contributed by atoms with van der Waals surface area (Å²) in [6.07, 6.45) is 1.95. The summed E-state index contributed by atoms with van der Waals surface area (Å²) in [5, 5.41) is 4.64. The van der Waals surface area contributed by atoms with E-state index in [2.05, 4.69) is 77.4 Å². The van der Waals surface area contributed by atoms with Crippen LogP contribution in [0.25, 0.3) is 10.9 Å². The van der Waals surface area contributed by atoms with Crippen LogP contribution in [0, 0.1) is 18.8 Å². The maximum atomic E-state index is 12.7. The van der Waals surface area contributed by atoms with E-state index in [4.69, 9.17) is 0 Å². The van der Waals surface area contributed by atoms with E-state index in [0.29, 0.717) is 12.0 Å². The van der Waals surface area contributed by atoms with Crippen molar-refractivity contribution in [3.8, 4) is 11.8 Å². The first-order valence-corrected chi connectivity index (χ1v) is 12.5. The number of hydrogen-bond acceptors (Lipinski definition) is 2. The van der Waals surface area contributed by atoms with E-state index in [0.717, 1.165) is 49.2 Å². The minimum absolute atomic E-state index is 0.0481. The third-order valence-corrected chi connectivity index (χ3v) is 7.70. The Morgan fingerprint density at radius 3 is 2.71 bits per heavy atom. The lowest BCUT2D eigenvalue weighted by atomic mass is 9.73. The van der Waals surface area contributed by atoms with E-state index in [-0.39, 0.29) is 12.1 Å². The Bertz CT molecular complexity index is 1280. The van der Waals surface area contributed by atoms with E-state index in [1.54, 1.807) is 0 Å². The first-order valence-electron chi connectivity index (χ1n) is 12.5. The number of fused-ring (bicyclic) bond motifs is 2. The summed E-state index contributed by atoms with van der Waals surface area (Å²) in [7, 11) is 2.20. The van der Waals surface area contributed by atoms with Gasteiger partial charge in [-0.1, -0.05) is 36.3 Å². The van der Waals surface area contributed by atoms with Crippen LogP contribution in [0.1, 0.15) is 54.1 Å². The molecule has 34 heavy (non-hydrogen) atoms. The number of aryl methyl sites for hydroxylation is 1. The second-order valence-electron chi connectivity index (χ2n) is 9.69. The molecule has 5 nitrogen and oxygen atoms in total. The highest BCUT2D eigenvalue weighted by Crippen LogP contribution is 2.44. The highest BCUT2D eigenvalue weighted by molar-refractivity contribution is 5.91. The number of likely N-dealkylation sites (tertiary alicyclic amines) is 1. The molecule has 1 aromatic heterocycles. The van der Waals surface area contributed by atoms with Gasteiger partial charge in [-0.05, 0) is 75.4 Å². The number of amides is 2. The molecule has 2 aliphatic rings. The molecule has 5 heteroatoms. The Kier molecular flexibility index (Phi) is 6.10. The van der Waals surface area contributed by atoms with Gasteiger partial charge >= 0.3 is 6.03 Å². The van der Waals surface area contributed by atoms with Crippen molar-refractivity contribution >= 4 is 16.9 Å². The molecule has 0 bridgehead atoms. The van der Waals surface area contributed by atoms with Gasteiger partial charge in [0.05, 0.1) is 5.69 Å². The molecule has 3 aromatic rings. The predicted octanol–water partition coefficient (Wildman–Crippen LogP) is 4.64. The van der Waals surface area contributed by atoms with Crippen LogP contribution in [-0.2, 0) is 6.42 Å². The van der Waals surface area contributed by atoms with Gasteiger partial charge in [0.25, 0.3) is 0 Å². The number of carbonyl (C=O) groups excluding carboxylic acids is 1. The van der Waals surface area contributed by atoms with Gasteiger partial charge in [-0.3, -0.25) is 0 Å². The largest absolute Gasteiger partial charge is 0.348 e. The minimum Gasteiger partial charge on any atom is -0.348 e. The number of H-pyrrole nitrogens is 1. The quantitative estimate of drug-likeness (QED) is 0.567. The number of benzene rings is 2. The maximum absolute atomic E-state index is 12.7. The molecule has 5 rings (SSSR count). The fourth-order valence-corrected chi connectivity index (χ4v) is 5.86. The number of urea groups is 1. The zero-order chi connectivity index (χ0) is 23.8. The second kappa shape index (κ2) is 9.19. The number of nitrogens with one attached hydrogen (secondary N) is 2. The number of nitrogens with zero attached hydrogens (tertiary/aromatic N) is 2. The molecule has 176 valence electrons. The monoisotopic (exact) mass is 454 g/mol. The molecular formula is C29H34N4O. The van der Waals surface area contributed by atoms with E-state index in [9.17, 15) is 4.79 Å². The fourth-order valence-electron chi connectivity index (χ4n) is 5.86. The Balaban J connectivity index is 1.48. The molecule has 2 amide bonds. The van der Waals surface area contributed by atoms with Crippen LogP contribution in [0.15, 0.2) is 42.5 Å². The summed E-state index contributed by atoms with van der Waals surface area (Å²) in [5.74, 6) is 7.24. The first-order chi connectivity index (χ1) is 16.5. The number of carbonyl (C=O) groups is 1. The fraction of sp³-hybridized carbons (Fsp3) is 0.414. The van der Waals surface area contributed by atoms with Gasteiger partial charge in [0.2, 0.25) is 0 Å². The highest BCUT2D eigenvalue weighted by Gasteiger charge is 2.40. The van der Waals surface area contributed by atoms with Gasteiger partial charge in [-0.25, -0.2) is 4.79 Å². The van der Waals surface area contributed by atoms with Gasteiger partial charge in [-0.15, -0.1) is 0 Å². The third-order valence-electron chi connectivity index (χ3n) is 7.70. The van der Waals surface area contributed by atoms with Crippen LogP contribution in [0.4, 0.5) is 4.79 Å². The van der Waals surface area contributed by atoms with Gasteiger partial charge in [0.15, 0.2) is 0 Å². The van der Waals surface area contributed by atoms with Crippen LogP contribution in [0.3, 0.4) is 0 Å². The summed E-state index contributed by atoms with van der Waals surface area (Å²) in [6.45, 7) is 8.50. The molecule has 0 radical (unpaired) electrons. The lowest BCUT2D eigenvalue weighted by Crippen LogP contribution is -2.56. The van der Waals surface area contributed by atoms with E-state index in [1.165, 1.54) is 22.1 Å². The smallest absolute Gasteiger partial charge is 0.317 e. The summed E-state index contributed by atoms with van der Waals surface area (Å²) in [5.41, 5.74) is 7.20. The SMILES string of the molecule is CCN(CC)C(=O)N[C@H]1CC2c3cccc4[nH]c(C#Cc5ccccc5C)c(c34)C[C@H]2N(C)C1. The molecule has 1 fully saturated rings. The molecule has 0 saturated carbocycles. The van der Waals surface area contributed by atoms with Crippen molar-refractivity contribution in [2.24, 2.45) is 0 Å². The molecular weight excluding hydrogens is 420 g/mol. The van der Waals surface area contributed by atoms with Gasteiger partial charge in [-0.2, -0.15) is 0 Å². The second-order valence-corrected chi connectivity index (χ2v) is 9.69. The van der Waals surface area contributed by atoms with Crippen molar-refractivity contribution in [1.29, 1.82) is 0 Å². The number of rotatable bonds is 3. The maximum Gasteiger partial charge on any atom is 0.317 e. The van der Waals surface area contributed by atoms with Crippen LogP contribution >= 0.6 is 0 Å². The van der Waals surface area contributed by atoms with Crippen molar-refractivity contribution in [1.82, 2.24) is 20.1 Å². The van der Waals surface area contributed by atoms with Crippen molar-refractivity contribution in [2.45, 2.75) is 51.6 Å². The number of likely N-dealkylation sites (N-methyl/N-ethyl adjacent to an activating group) is 1. The molecule has 1 unspecified atom stereocenters. The minimum atomic E-state index is 0.0481. The third kappa shape index (κ3) is 3.97. The molecule has 0 spiro atoms.